The van der Waals surface area contributed by atoms with Crippen LogP contribution in [-0.2, 0) is 10.0 Å². The van der Waals surface area contributed by atoms with Crippen molar-refractivity contribution in [1.29, 1.82) is 0 Å². The van der Waals surface area contributed by atoms with Crippen LogP contribution in [0.3, 0.4) is 0 Å². The average Bonchev–Trinajstić information content (AvgIpc) is 3.15. The molecule has 28 heavy (non-hydrogen) atoms. The first-order chi connectivity index (χ1) is 13.3. The Kier molecular flexibility index (Phi) is 5.87. The van der Waals surface area contributed by atoms with Gasteiger partial charge in [-0.05, 0) is 48.4 Å². The summed E-state index contributed by atoms with van der Waals surface area (Å²) in [6.07, 6.45) is -0.444. The molecule has 0 saturated carbocycles. The minimum atomic E-state index is -3.53. The minimum absolute atomic E-state index is 0.118. The van der Waals surface area contributed by atoms with Crippen LogP contribution in [0.25, 0.3) is 0 Å². The maximum atomic E-state index is 12.2. The van der Waals surface area contributed by atoms with E-state index in [2.05, 4.69) is 5.32 Å². The Balaban J connectivity index is 1.54. The third-order valence-electron chi connectivity index (χ3n) is 4.38. The molecule has 0 aromatic heterocycles. The minimum Gasteiger partial charge on any atom is -0.454 e. The summed E-state index contributed by atoms with van der Waals surface area (Å²) in [5.41, 5.74) is 1.02. The summed E-state index contributed by atoms with van der Waals surface area (Å²) in [7, 11) is -0.642. The Morgan fingerprint density at radius 3 is 2.50 bits per heavy atom. The van der Waals surface area contributed by atoms with E-state index in [0.717, 1.165) is 4.31 Å². The summed E-state index contributed by atoms with van der Waals surface area (Å²) in [5.74, 6) is 0.893. The molecule has 0 aliphatic carbocycles. The number of benzene rings is 2. The van der Waals surface area contributed by atoms with Gasteiger partial charge in [-0.1, -0.05) is 6.07 Å². The van der Waals surface area contributed by atoms with Crippen LogP contribution in [0.1, 0.15) is 28.4 Å². The summed E-state index contributed by atoms with van der Waals surface area (Å²) in [6.45, 7) is 0.422. The fourth-order valence-electron chi connectivity index (χ4n) is 2.70. The second-order valence-electron chi connectivity index (χ2n) is 6.48. The van der Waals surface area contributed by atoms with Crippen molar-refractivity contribution >= 4 is 15.9 Å². The van der Waals surface area contributed by atoms with Crippen molar-refractivity contribution in [3.05, 3.63) is 53.6 Å². The number of carbonyl (C=O) groups is 1. The molecular weight excluding hydrogens is 384 g/mol. The predicted octanol–water partition coefficient (Wildman–Crippen LogP) is 1.52. The Hall–Kier alpha value is -2.62. The standard InChI is InChI=1S/C19H22N2O6S/c1-21(2)28(24,25)15-6-3-13(4-7-15)19(23)20-10-9-16(22)14-5-8-17-18(11-14)27-12-26-17/h3-8,11,16,22H,9-10,12H2,1-2H3,(H,20,23). The number of carbonyl (C=O) groups excluding carboxylic acids is 1. The first kappa shape index (κ1) is 20.1. The molecule has 2 aromatic carbocycles. The van der Waals surface area contributed by atoms with Crippen LogP contribution in [0.4, 0.5) is 0 Å². The Labute approximate surface area is 163 Å². The number of nitrogens with one attached hydrogen (secondary N) is 1. The van der Waals surface area contributed by atoms with Crippen LogP contribution in [0, 0.1) is 0 Å². The number of amides is 1. The lowest BCUT2D eigenvalue weighted by Gasteiger charge is -2.13. The van der Waals surface area contributed by atoms with E-state index in [0.29, 0.717) is 29.0 Å². The van der Waals surface area contributed by atoms with E-state index in [4.69, 9.17) is 9.47 Å². The van der Waals surface area contributed by atoms with Gasteiger partial charge in [0.25, 0.3) is 5.91 Å². The van der Waals surface area contributed by atoms with Gasteiger partial charge in [-0.2, -0.15) is 0 Å². The lowest BCUT2D eigenvalue weighted by molar-refractivity contribution is 0.0942. The smallest absolute Gasteiger partial charge is 0.251 e. The van der Waals surface area contributed by atoms with Gasteiger partial charge in [0.05, 0.1) is 11.0 Å². The van der Waals surface area contributed by atoms with Gasteiger partial charge in [-0.15, -0.1) is 0 Å². The van der Waals surface area contributed by atoms with Crippen molar-refractivity contribution in [1.82, 2.24) is 9.62 Å². The van der Waals surface area contributed by atoms with E-state index < -0.39 is 16.1 Å². The van der Waals surface area contributed by atoms with Crippen molar-refractivity contribution in [3.63, 3.8) is 0 Å². The van der Waals surface area contributed by atoms with Gasteiger partial charge in [-0.25, -0.2) is 12.7 Å². The number of hydrogen-bond donors (Lipinski definition) is 2. The lowest BCUT2D eigenvalue weighted by Crippen LogP contribution is -2.26. The zero-order valence-electron chi connectivity index (χ0n) is 15.6. The highest BCUT2D eigenvalue weighted by Gasteiger charge is 2.18. The highest BCUT2D eigenvalue weighted by Crippen LogP contribution is 2.34. The third-order valence-corrected chi connectivity index (χ3v) is 6.21. The molecule has 2 N–H and O–H groups in total. The monoisotopic (exact) mass is 406 g/mol. The van der Waals surface area contributed by atoms with Crippen LogP contribution in [-0.4, -0.2) is 51.2 Å². The molecule has 1 heterocycles. The van der Waals surface area contributed by atoms with E-state index >= 15 is 0 Å². The molecule has 1 atom stereocenters. The quantitative estimate of drug-likeness (QED) is 0.722. The number of nitrogens with zero attached hydrogens (tertiary/aromatic N) is 1. The van der Waals surface area contributed by atoms with Crippen LogP contribution in [0.2, 0.25) is 0 Å². The average molecular weight is 406 g/mol. The van der Waals surface area contributed by atoms with Gasteiger partial charge in [-0.3, -0.25) is 4.79 Å². The van der Waals surface area contributed by atoms with E-state index in [1.165, 1.54) is 38.4 Å². The van der Waals surface area contributed by atoms with Crippen LogP contribution in [0.5, 0.6) is 11.5 Å². The Morgan fingerprint density at radius 2 is 1.82 bits per heavy atom. The molecular formula is C19H22N2O6S. The summed E-state index contributed by atoms with van der Waals surface area (Å²) in [4.78, 5) is 12.3. The summed E-state index contributed by atoms with van der Waals surface area (Å²) >= 11 is 0. The molecule has 9 heteroatoms. The number of sulfonamides is 1. The fraction of sp³-hybridized carbons (Fsp3) is 0.316. The summed E-state index contributed by atoms with van der Waals surface area (Å²) in [5, 5.41) is 13.0. The van der Waals surface area contributed by atoms with Crippen molar-refractivity contribution in [2.75, 3.05) is 27.4 Å². The molecule has 1 amide bonds. The number of aliphatic hydroxyl groups excluding tert-OH is 1. The zero-order valence-corrected chi connectivity index (χ0v) is 16.4. The van der Waals surface area contributed by atoms with Crippen molar-refractivity contribution in [3.8, 4) is 11.5 Å². The first-order valence-corrected chi connectivity index (χ1v) is 10.1. The molecule has 1 unspecified atom stereocenters. The van der Waals surface area contributed by atoms with Gasteiger partial charge in [0, 0.05) is 26.2 Å². The topological polar surface area (TPSA) is 105 Å². The second kappa shape index (κ2) is 8.17. The van der Waals surface area contributed by atoms with Crippen molar-refractivity contribution < 1.29 is 27.8 Å². The maximum absolute atomic E-state index is 12.2. The number of fused-ring (bicyclic) bond motifs is 1. The van der Waals surface area contributed by atoms with Gasteiger partial charge >= 0.3 is 0 Å². The second-order valence-corrected chi connectivity index (χ2v) is 8.64. The molecule has 2 aromatic rings. The Morgan fingerprint density at radius 1 is 1.14 bits per heavy atom. The van der Waals surface area contributed by atoms with Crippen LogP contribution in [0.15, 0.2) is 47.4 Å². The largest absolute Gasteiger partial charge is 0.454 e. The maximum Gasteiger partial charge on any atom is 0.251 e. The summed E-state index contributed by atoms with van der Waals surface area (Å²) < 4.78 is 35.7. The molecule has 0 fully saturated rings. The normalized spacial score (nSPS) is 14.1. The fourth-order valence-corrected chi connectivity index (χ4v) is 3.60. The highest BCUT2D eigenvalue weighted by atomic mass is 32.2. The molecule has 0 saturated heterocycles. The van der Waals surface area contributed by atoms with Crippen LogP contribution < -0.4 is 14.8 Å². The molecule has 3 rings (SSSR count). The van der Waals surface area contributed by atoms with Gasteiger partial charge in [0.1, 0.15) is 0 Å². The number of ether oxygens (including phenoxy) is 2. The van der Waals surface area contributed by atoms with E-state index in [1.807, 2.05) is 0 Å². The van der Waals surface area contributed by atoms with Crippen molar-refractivity contribution in [2.24, 2.45) is 0 Å². The number of rotatable bonds is 7. The van der Waals surface area contributed by atoms with Gasteiger partial charge < -0.3 is 19.9 Å². The van der Waals surface area contributed by atoms with E-state index in [-0.39, 0.29) is 24.1 Å². The lowest BCUT2D eigenvalue weighted by atomic mass is 10.1. The molecule has 0 bridgehead atoms. The predicted molar refractivity (Wildman–Crippen MR) is 102 cm³/mol. The summed E-state index contributed by atoms with van der Waals surface area (Å²) in [6, 6.07) is 10.9. The number of aliphatic hydroxyl groups is 1. The zero-order chi connectivity index (χ0) is 20.3. The first-order valence-electron chi connectivity index (χ1n) is 8.67. The Bertz CT molecular complexity index is 957. The SMILES string of the molecule is CN(C)S(=O)(=O)c1ccc(C(=O)NCCC(O)c2ccc3c(c2)OCO3)cc1. The third kappa shape index (κ3) is 4.27. The molecule has 8 nitrogen and oxygen atoms in total. The number of hydrogen-bond acceptors (Lipinski definition) is 6. The molecule has 0 spiro atoms. The van der Waals surface area contributed by atoms with Crippen molar-refractivity contribution in [2.45, 2.75) is 17.4 Å². The highest BCUT2D eigenvalue weighted by molar-refractivity contribution is 7.89. The van der Waals surface area contributed by atoms with Crippen LogP contribution >= 0.6 is 0 Å². The van der Waals surface area contributed by atoms with Gasteiger partial charge in [0.15, 0.2) is 11.5 Å². The van der Waals surface area contributed by atoms with Gasteiger partial charge in [0.2, 0.25) is 16.8 Å². The molecule has 1 aliphatic heterocycles. The van der Waals surface area contributed by atoms with E-state index in [1.54, 1.807) is 18.2 Å². The molecule has 0 radical (unpaired) electrons. The molecule has 150 valence electrons. The van der Waals surface area contributed by atoms with E-state index in [9.17, 15) is 18.3 Å². The molecule has 1 aliphatic rings.